The number of aromatic nitrogens is 2. The van der Waals surface area contributed by atoms with Crippen molar-refractivity contribution in [1.82, 2.24) is 14.3 Å². The standard InChI is InChI=1S/C25H28N4O5S/c1-16-12-21(9-10-22(16)34-3)35(32,33)29-11-5-7-19(15-29)25(31)27-20-8-4-6-18(14-20)24-26-17(2)13-23(30)28-24/h4,6,8-10,12-14,19H,5,7,11,15H2,1-3H3,(H,27,31)(H,26,28,30)/t19-/m0/s1. The van der Waals surface area contributed by atoms with E-state index in [-0.39, 0.29) is 22.9 Å². The summed E-state index contributed by atoms with van der Waals surface area (Å²) in [5.74, 6) is 0.292. The summed E-state index contributed by atoms with van der Waals surface area (Å²) in [5.41, 5.74) is 2.27. The zero-order valence-electron chi connectivity index (χ0n) is 19.9. The second-order valence-electron chi connectivity index (χ2n) is 8.64. The molecule has 0 radical (unpaired) electrons. The van der Waals surface area contributed by atoms with Gasteiger partial charge in [-0.1, -0.05) is 12.1 Å². The molecular formula is C25H28N4O5S. The van der Waals surface area contributed by atoms with E-state index in [1.807, 2.05) is 0 Å². The van der Waals surface area contributed by atoms with Gasteiger partial charge >= 0.3 is 0 Å². The molecule has 35 heavy (non-hydrogen) atoms. The highest BCUT2D eigenvalue weighted by Crippen LogP contribution is 2.28. The molecule has 1 saturated heterocycles. The molecule has 2 aromatic carbocycles. The maximum atomic E-state index is 13.2. The zero-order valence-corrected chi connectivity index (χ0v) is 20.7. The SMILES string of the molecule is COc1ccc(S(=O)(=O)N2CCC[C@H](C(=O)Nc3cccc(-c4nc(C)cc(=O)[nH]4)c3)C2)cc1C. The van der Waals surface area contributed by atoms with Crippen LogP contribution >= 0.6 is 0 Å². The number of ether oxygens (including phenoxy) is 1. The molecule has 9 nitrogen and oxygen atoms in total. The van der Waals surface area contributed by atoms with Crippen molar-refractivity contribution in [3.8, 4) is 17.1 Å². The normalized spacial score (nSPS) is 16.6. The van der Waals surface area contributed by atoms with E-state index < -0.39 is 15.9 Å². The number of carbonyl (C=O) groups is 1. The number of benzene rings is 2. The monoisotopic (exact) mass is 496 g/mol. The number of hydrogen-bond acceptors (Lipinski definition) is 6. The third-order valence-electron chi connectivity index (χ3n) is 6.03. The quantitative estimate of drug-likeness (QED) is 0.541. The molecule has 1 fully saturated rings. The van der Waals surface area contributed by atoms with Gasteiger partial charge < -0.3 is 15.0 Å². The molecule has 2 heterocycles. The Hall–Kier alpha value is -3.50. The molecule has 0 bridgehead atoms. The van der Waals surface area contributed by atoms with Crippen LogP contribution in [0.5, 0.6) is 5.75 Å². The first kappa shape index (κ1) is 24.6. The van der Waals surface area contributed by atoms with Crippen LogP contribution in [0.2, 0.25) is 0 Å². The predicted octanol–water partition coefficient (Wildman–Crippen LogP) is 3.10. The number of methoxy groups -OCH3 is 1. The number of H-pyrrole nitrogens is 1. The van der Waals surface area contributed by atoms with Crippen LogP contribution in [0.25, 0.3) is 11.4 Å². The minimum absolute atomic E-state index is 0.103. The van der Waals surface area contributed by atoms with E-state index in [1.54, 1.807) is 50.2 Å². The second-order valence-corrected chi connectivity index (χ2v) is 10.6. The van der Waals surface area contributed by atoms with Gasteiger partial charge in [-0.15, -0.1) is 0 Å². The van der Waals surface area contributed by atoms with E-state index >= 15 is 0 Å². The molecule has 4 rings (SSSR count). The summed E-state index contributed by atoms with van der Waals surface area (Å²) < 4.78 is 33.1. The second kappa shape index (κ2) is 10.0. The van der Waals surface area contributed by atoms with Crippen LogP contribution in [0.4, 0.5) is 5.69 Å². The number of anilines is 1. The van der Waals surface area contributed by atoms with Crippen LogP contribution < -0.4 is 15.6 Å². The fourth-order valence-electron chi connectivity index (χ4n) is 4.24. The highest BCUT2D eigenvalue weighted by molar-refractivity contribution is 7.89. The molecule has 1 atom stereocenters. The Balaban J connectivity index is 1.49. The number of hydrogen-bond donors (Lipinski definition) is 2. The summed E-state index contributed by atoms with van der Waals surface area (Å²) in [6.45, 7) is 3.99. The van der Waals surface area contributed by atoms with Crippen molar-refractivity contribution in [3.63, 3.8) is 0 Å². The molecule has 2 N–H and O–H groups in total. The van der Waals surface area contributed by atoms with Crippen molar-refractivity contribution in [2.45, 2.75) is 31.6 Å². The van der Waals surface area contributed by atoms with Crippen LogP contribution in [-0.2, 0) is 14.8 Å². The van der Waals surface area contributed by atoms with Crippen molar-refractivity contribution in [2.75, 3.05) is 25.5 Å². The van der Waals surface area contributed by atoms with E-state index in [1.165, 1.54) is 23.5 Å². The van der Waals surface area contributed by atoms with Gasteiger partial charge in [-0.3, -0.25) is 9.59 Å². The van der Waals surface area contributed by atoms with E-state index in [4.69, 9.17) is 4.74 Å². The van der Waals surface area contributed by atoms with E-state index in [0.29, 0.717) is 47.9 Å². The molecule has 184 valence electrons. The number of rotatable bonds is 6. The van der Waals surface area contributed by atoms with Gasteiger partial charge in [-0.2, -0.15) is 4.31 Å². The summed E-state index contributed by atoms with van der Waals surface area (Å²) in [4.78, 5) is 32.1. The van der Waals surface area contributed by atoms with Gasteiger partial charge in [0.05, 0.1) is 17.9 Å². The van der Waals surface area contributed by atoms with Gasteiger partial charge in [0.1, 0.15) is 11.6 Å². The number of amides is 1. The van der Waals surface area contributed by atoms with Crippen LogP contribution in [-0.4, -0.2) is 48.8 Å². The van der Waals surface area contributed by atoms with E-state index in [0.717, 1.165) is 5.56 Å². The highest BCUT2D eigenvalue weighted by Gasteiger charge is 2.33. The Kier molecular flexibility index (Phi) is 7.04. The zero-order chi connectivity index (χ0) is 25.2. The van der Waals surface area contributed by atoms with Crippen LogP contribution in [0.3, 0.4) is 0 Å². The summed E-state index contributed by atoms with van der Waals surface area (Å²) >= 11 is 0. The lowest BCUT2D eigenvalue weighted by Crippen LogP contribution is -2.43. The highest BCUT2D eigenvalue weighted by atomic mass is 32.2. The summed E-state index contributed by atoms with van der Waals surface area (Å²) in [5, 5.41) is 2.89. The van der Waals surface area contributed by atoms with Gasteiger partial charge in [-0.25, -0.2) is 13.4 Å². The molecule has 1 aliphatic rings. The summed E-state index contributed by atoms with van der Waals surface area (Å²) in [6.07, 6.45) is 1.17. The molecule has 0 unspecified atom stereocenters. The Morgan fingerprint density at radius 3 is 2.69 bits per heavy atom. The maximum Gasteiger partial charge on any atom is 0.251 e. The number of nitrogens with one attached hydrogen (secondary N) is 2. The molecule has 0 aliphatic carbocycles. The lowest BCUT2D eigenvalue weighted by atomic mass is 9.98. The molecule has 1 amide bonds. The minimum Gasteiger partial charge on any atom is -0.496 e. The first-order valence-corrected chi connectivity index (χ1v) is 12.8. The topological polar surface area (TPSA) is 121 Å². The fraction of sp³-hybridized carbons (Fsp3) is 0.320. The number of aromatic amines is 1. The average molecular weight is 497 g/mol. The van der Waals surface area contributed by atoms with E-state index in [2.05, 4.69) is 15.3 Å². The smallest absolute Gasteiger partial charge is 0.251 e. The number of nitrogens with zero attached hydrogens (tertiary/aromatic N) is 2. The van der Waals surface area contributed by atoms with Crippen molar-refractivity contribution < 1.29 is 17.9 Å². The fourth-order valence-corrected chi connectivity index (χ4v) is 5.85. The van der Waals surface area contributed by atoms with Crippen LogP contribution in [0.15, 0.2) is 58.2 Å². The van der Waals surface area contributed by atoms with Crippen molar-refractivity contribution in [3.05, 3.63) is 70.1 Å². The number of aryl methyl sites for hydroxylation is 2. The summed E-state index contributed by atoms with van der Waals surface area (Å²) in [7, 11) is -2.21. The third kappa shape index (κ3) is 5.44. The minimum atomic E-state index is -3.74. The third-order valence-corrected chi connectivity index (χ3v) is 7.89. The van der Waals surface area contributed by atoms with Gasteiger partial charge in [0.15, 0.2) is 0 Å². The Bertz CT molecular complexity index is 1420. The largest absolute Gasteiger partial charge is 0.496 e. The Labute approximate surface area is 204 Å². The Morgan fingerprint density at radius 2 is 1.97 bits per heavy atom. The van der Waals surface area contributed by atoms with E-state index in [9.17, 15) is 18.0 Å². The van der Waals surface area contributed by atoms with Gasteiger partial charge in [0, 0.05) is 36.1 Å². The maximum absolute atomic E-state index is 13.2. The number of carbonyl (C=O) groups excluding carboxylic acids is 1. The van der Waals surface area contributed by atoms with Crippen molar-refractivity contribution >= 4 is 21.6 Å². The van der Waals surface area contributed by atoms with Crippen LogP contribution in [0.1, 0.15) is 24.1 Å². The molecule has 0 spiro atoms. The predicted molar refractivity (Wildman–Crippen MR) is 133 cm³/mol. The molecule has 1 aromatic heterocycles. The summed E-state index contributed by atoms with van der Waals surface area (Å²) in [6, 6.07) is 13.2. The van der Waals surface area contributed by atoms with Crippen molar-refractivity contribution in [1.29, 1.82) is 0 Å². The molecule has 1 aliphatic heterocycles. The first-order valence-electron chi connectivity index (χ1n) is 11.3. The molecular weight excluding hydrogens is 468 g/mol. The lowest BCUT2D eigenvalue weighted by Gasteiger charge is -2.31. The average Bonchev–Trinajstić information content (AvgIpc) is 2.83. The van der Waals surface area contributed by atoms with Crippen LogP contribution in [0, 0.1) is 19.8 Å². The molecule has 3 aromatic rings. The first-order chi connectivity index (χ1) is 16.7. The Morgan fingerprint density at radius 1 is 1.17 bits per heavy atom. The lowest BCUT2D eigenvalue weighted by molar-refractivity contribution is -0.120. The molecule has 10 heteroatoms. The van der Waals surface area contributed by atoms with Gasteiger partial charge in [0.25, 0.3) is 5.56 Å². The van der Waals surface area contributed by atoms with Crippen molar-refractivity contribution in [2.24, 2.45) is 5.92 Å². The molecule has 0 saturated carbocycles. The number of piperidine rings is 1. The van der Waals surface area contributed by atoms with Gasteiger partial charge in [-0.05, 0) is 62.6 Å². The number of sulfonamides is 1. The van der Waals surface area contributed by atoms with Gasteiger partial charge in [0.2, 0.25) is 15.9 Å².